The molecule has 0 bridgehead atoms. The molecule has 3 rings (SSSR count). The first-order valence-electron chi connectivity index (χ1n) is 10.6. The third kappa shape index (κ3) is 6.79. The van der Waals surface area contributed by atoms with E-state index in [1.54, 1.807) is 11.3 Å². The predicted molar refractivity (Wildman–Crippen MR) is 120 cm³/mol. The van der Waals surface area contributed by atoms with E-state index in [9.17, 15) is 4.79 Å². The van der Waals surface area contributed by atoms with Crippen LogP contribution in [0.5, 0.6) is 5.75 Å². The Kier molecular flexibility index (Phi) is 8.24. The molecular formula is C23H33N3O3S. The topological polar surface area (TPSA) is 54.9 Å². The van der Waals surface area contributed by atoms with Gasteiger partial charge >= 0.3 is 0 Å². The number of amides is 1. The van der Waals surface area contributed by atoms with Gasteiger partial charge in [-0.1, -0.05) is 19.9 Å². The van der Waals surface area contributed by atoms with Gasteiger partial charge in [-0.05, 0) is 37.1 Å². The van der Waals surface area contributed by atoms with Gasteiger partial charge in [0.05, 0.1) is 25.5 Å². The number of benzene rings is 1. The molecule has 1 amide bonds. The molecule has 1 aromatic carbocycles. The number of carbonyl (C=O) groups excluding carboxylic acids is 1. The van der Waals surface area contributed by atoms with Crippen LogP contribution in [0.15, 0.2) is 23.6 Å². The van der Waals surface area contributed by atoms with Crippen LogP contribution in [-0.2, 0) is 22.7 Å². The van der Waals surface area contributed by atoms with E-state index in [4.69, 9.17) is 14.5 Å². The lowest BCUT2D eigenvalue weighted by atomic mass is 10.1. The number of rotatable bonds is 9. The zero-order chi connectivity index (χ0) is 21.5. The molecule has 0 atom stereocenters. The number of thiazole rings is 1. The summed E-state index contributed by atoms with van der Waals surface area (Å²) >= 11 is 1.58. The van der Waals surface area contributed by atoms with Crippen molar-refractivity contribution in [3.05, 3.63) is 45.4 Å². The summed E-state index contributed by atoms with van der Waals surface area (Å²) in [5.74, 6) is 1.01. The first-order valence-corrected chi connectivity index (χ1v) is 11.5. The van der Waals surface area contributed by atoms with Crippen molar-refractivity contribution in [3.8, 4) is 5.75 Å². The molecule has 2 heterocycles. The molecule has 164 valence electrons. The summed E-state index contributed by atoms with van der Waals surface area (Å²) in [4.78, 5) is 21.7. The average Bonchev–Trinajstić information content (AvgIpc) is 3.16. The minimum absolute atomic E-state index is 0.0271. The van der Waals surface area contributed by atoms with Gasteiger partial charge in [-0.25, -0.2) is 4.98 Å². The highest BCUT2D eigenvalue weighted by Crippen LogP contribution is 2.20. The molecule has 1 fully saturated rings. The van der Waals surface area contributed by atoms with Gasteiger partial charge in [0.15, 0.2) is 0 Å². The fourth-order valence-electron chi connectivity index (χ4n) is 3.56. The van der Waals surface area contributed by atoms with E-state index in [-0.39, 0.29) is 11.8 Å². The Balaban J connectivity index is 1.57. The minimum atomic E-state index is -0.0271. The molecule has 1 aliphatic heterocycles. The second-order valence-corrected chi connectivity index (χ2v) is 9.16. The summed E-state index contributed by atoms with van der Waals surface area (Å²) in [7, 11) is 0. The van der Waals surface area contributed by atoms with Crippen molar-refractivity contribution in [2.45, 2.75) is 40.8 Å². The highest BCUT2D eigenvalue weighted by atomic mass is 32.1. The lowest BCUT2D eigenvalue weighted by molar-refractivity contribution is -0.135. The quantitative estimate of drug-likeness (QED) is 0.607. The molecule has 0 saturated carbocycles. The Bertz CT molecular complexity index is 811. The number of ether oxygens (including phenoxy) is 2. The van der Waals surface area contributed by atoms with Crippen LogP contribution >= 0.6 is 11.3 Å². The fraction of sp³-hybridized carbons (Fsp3) is 0.565. The molecule has 7 heteroatoms. The van der Waals surface area contributed by atoms with Gasteiger partial charge in [-0.2, -0.15) is 0 Å². The first-order chi connectivity index (χ1) is 14.4. The summed E-state index contributed by atoms with van der Waals surface area (Å²) in [5, 5.41) is 2.96. The Morgan fingerprint density at radius 3 is 2.60 bits per heavy atom. The third-order valence-corrected chi connectivity index (χ3v) is 5.98. The van der Waals surface area contributed by atoms with Crippen molar-refractivity contribution in [2.24, 2.45) is 5.92 Å². The molecule has 0 aliphatic carbocycles. The molecular weight excluding hydrogens is 398 g/mol. The minimum Gasteiger partial charge on any atom is -0.486 e. The van der Waals surface area contributed by atoms with Crippen molar-refractivity contribution in [1.29, 1.82) is 0 Å². The number of carbonyl (C=O) groups is 1. The van der Waals surface area contributed by atoms with Gasteiger partial charge in [0.25, 0.3) is 0 Å². The van der Waals surface area contributed by atoms with E-state index >= 15 is 0 Å². The van der Waals surface area contributed by atoms with E-state index in [1.807, 2.05) is 36.3 Å². The summed E-state index contributed by atoms with van der Waals surface area (Å²) in [6.07, 6.45) is 0. The highest BCUT2D eigenvalue weighted by Gasteiger charge is 2.20. The van der Waals surface area contributed by atoms with Gasteiger partial charge < -0.3 is 14.4 Å². The lowest BCUT2D eigenvalue weighted by Gasteiger charge is -2.30. The molecule has 1 aromatic heterocycles. The predicted octanol–water partition coefficient (Wildman–Crippen LogP) is 3.66. The van der Waals surface area contributed by atoms with E-state index < -0.39 is 0 Å². The molecule has 6 nitrogen and oxygen atoms in total. The SMILES string of the molecule is Cc1cc(C)cc(OCc2nc(CN(CCN3CCOCC3)C(=O)C(C)C)cs2)c1. The van der Waals surface area contributed by atoms with Crippen molar-refractivity contribution >= 4 is 17.2 Å². The number of hydrogen-bond donors (Lipinski definition) is 0. The Morgan fingerprint density at radius 1 is 1.23 bits per heavy atom. The van der Waals surface area contributed by atoms with Crippen LogP contribution < -0.4 is 4.74 Å². The summed E-state index contributed by atoms with van der Waals surface area (Å²) < 4.78 is 11.3. The molecule has 2 aromatic rings. The van der Waals surface area contributed by atoms with E-state index in [0.717, 1.165) is 49.3 Å². The first kappa shape index (κ1) is 22.7. The normalized spacial score (nSPS) is 14.8. The fourth-order valence-corrected chi connectivity index (χ4v) is 4.26. The molecule has 0 N–H and O–H groups in total. The molecule has 0 spiro atoms. The van der Waals surface area contributed by atoms with Crippen molar-refractivity contribution in [1.82, 2.24) is 14.8 Å². The number of aryl methyl sites for hydroxylation is 2. The van der Waals surface area contributed by atoms with Gasteiger partial charge in [0, 0.05) is 37.5 Å². The van der Waals surface area contributed by atoms with Crippen LogP contribution in [-0.4, -0.2) is 60.1 Å². The van der Waals surface area contributed by atoms with Crippen LogP contribution in [0, 0.1) is 19.8 Å². The van der Waals surface area contributed by atoms with E-state index in [2.05, 4.69) is 24.8 Å². The summed E-state index contributed by atoms with van der Waals surface area (Å²) in [6, 6.07) is 6.21. The monoisotopic (exact) mass is 431 g/mol. The molecule has 1 aliphatic rings. The summed E-state index contributed by atoms with van der Waals surface area (Å²) in [5.41, 5.74) is 3.30. The lowest BCUT2D eigenvalue weighted by Crippen LogP contribution is -2.43. The Morgan fingerprint density at radius 2 is 1.93 bits per heavy atom. The van der Waals surface area contributed by atoms with Crippen LogP contribution in [0.1, 0.15) is 35.7 Å². The number of aromatic nitrogens is 1. The molecule has 0 radical (unpaired) electrons. The van der Waals surface area contributed by atoms with Crippen molar-refractivity contribution in [3.63, 3.8) is 0 Å². The standard InChI is InChI=1S/C23H33N3O3S/c1-17(2)23(27)26(6-5-25-7-9-28-10-8-25)14-20-16-30-22(24-20)15-29-21-12-18(3)11-19(4)13-21/h11-13,16-17H,5-10,14-15H2,1-4H3. The van der Waals surface area contributed by atoms with Gasteiger partial charge in [-0.15, -0.1) is 11.3 Å². The second-order valence-electron chi connectivity index (χ2n) is 8.21. The highest BCUT2D eigenvalue weighted by molar-refractivity contribution is 7.09. The molecule has 0 unspecified atom stereocenters. The number of morpholine rings is 1. The molecule has 30 heavy (non-hydrogen) atoms. The maximum atomic E-state index is 12.7. The number of hydrogen-bond acceptors (Lipinski definition) is 6. The van der Waals surface area contributed by atoms with E-state index in [0.29, 0.717) is 19.7 Å². The zero-order valence-corrected chi connectivity index (χ0v) is 19.3. The van der Waals surface area contributed by atoms with Crippen molar-refractivity contribution < 1.29 is 14.3 Å². The maximum Gasteiger partial charge on any atom is 0.225 e. The maximum absolute atomic E-state index is 12.7. The largest absolute Gasteiger partial charge is 0.486 e. The van der Waals surface area contributed by atoms with Crippen LogP contribution in [0.25, 0.3) is 0 Å². The molecule has 1 saturated heterocycles. The number of nitrogens with zero attached hydrogens (tertiary/aromatic N) is 3. The Hall–Kier alpha value is -1.96. The third-order valence-electron chi connectivity index (χ3n) is 5.11. The van der Waals surface area contributed by atoms with Crippen LogP contribution in [0.3, 0.4) is 0 Å². The van der Waals surface area contributed by atoms with Gasteiger partial charge in [0.2, 0.25) is 5.91 Å². The van der Waals surface area contributed by atoms with Crippen LogP contribution in [0.2, 0.25) is 0 Å². The van der Waals surface area contributed by atoms with Crippen molar-refractivity contribution in [2.75, 3.05) is 39.4 Å². The van der Waals surface area contributed by atoms with Crippen LogP contribution in [0.4, 0.5) is 0 Å². The summed E-state index contributed by atoms with van der Waals surface area (Å²) in [6.45, 7) is 14.0. The van der Waals surface area contributed by atoms with Gasteiger partial charge in [0.1, 0.15) is 17.4 Å². The average molecular weight is 432 g/mol. The zero-order valence-electron chi connectivity index (χ0n) is 18.5. The van der Waals surface area contributed by atoms with Gasteiger partial charge in [-0.3, -0.25) is 9.69 Å². The second kappa shape index (κ2) is 10.9. The smallest absolute Gasteiger partial charge is 0.225 e. The Labute approximate surface area is 183 Å². The van der Waals surface area contributed by atoms with E-state index in [1.165, 1.54) is 11.1 Å².